The number of methoxy groups -OCH3 is 2. The van der Waals surface area contributed by atoms with Crippen LogP contribution in [0.1, 0.15) is 5.56 Å². The first kappa shape index (κ1) is 24.0. The summed E-state index contributed by atoms with van der Waals surface area (Å²) in [4.78, 5) is 5.18. The van der Waals surface area contributed by atoms with Crippen LogP contribution in [0.4, 0.5) is 0 Å². The summed E-state index contributed by atoms with van der Waals surface area (Å²) in [5.41, 5.74) is 5.44. The lowest BCUT2D eigenvalue weighted by Gasteiger charge is -2.16. The normalized spacial score (nSPS) is 10.9. The largest absolute Gasteiger partial charge is 0.497 e. The van der Waals surface area contributed by atoms with Gasteiger partial charge in [-0.15, -0.1) is 0 Å². The SMILES string of the molecule is COc1cccc(-c2nc(-c3ccccc3Cl)n(Cc3ccccc3Cl)c2-c2cccc(OC)c2)c1. The van der Waals surface area contributed by atoms with E-state index in [0.717, 1.165) is 51.0 Å². The molecule has 0 N–H and O–H groups in total. The van der Waals surface area contributed by atoms with Gasteiger partial charge in [-0.2, -0.15) is 0 Å². The third kappa shape index (κ3) is 4.70. The summed E-state index contributed by atoms with van der Waals surface area (Å²) in [6.07, 6.45) is 0. The fraction of sp³-hybridized carbons (Fsp3) is 0.100. The lowest BCUT2D eigenvalue weighted by Crippen LogP contribution is -2.05. The maximum Gasteiger partial charge on any atom is 0.142 e. The molecule has 1 heterocycles. The van der Waals surface area contributed by atoms with Gasteiger partial charge in [0.15, 0.2) is 0 Å². The fourth-order valence-electron chi connectivity index (χ4n) is 4.29. The Morgan fingerprint density at radius 1 is 0.694 bits per heavy atom. The van der Waals surface area contributed by atoms with Gasteiger partial charge in [0.25, 0.3) is 0 Å². The lowest BCUT2D eigenvalue weighted by atomic mass is 10.0. The van der Waals surface area contributed by atoms with Gasteiger partial charge in [-0.05, 0) is 48.0 Å². The van der Waals surface area contributed by atoms with Gasteiger partial charge in [0, 0.05) is 21.7 Å². The molecule has 0 aliphatic carbocycles. The van der Waals surface area contributed by atoms with E-state index in [9.17, 15) is 0 Å². The molecule has 180 valence electrons. The van der Waals surface area contributed by atoms with Crippen LogP contribution in [0.3, 0.4) is 0 Å². The zero-order valence-corrected chi connectivity index (χ0v) is 21.4. The van der Waals surface area contributed by atoms with Crippen LogP contribution in [0.5, 0.6) is 11.5 Å². The standard InChI is InChI=1S/C30H24Cl2N2O2/c1-35-23-12-7-10-20(17-23)28-29(21-11-8-13-24(18-21)36-2)34(19-22-9-3-5-15-26(22)31)30(33-28)25-14-4-6-16-27(25)32/h3-18H,19H2,1-2H3. The molecule has 0 fully saturated rings. The van der Waals surface area contributed by atoms with Crippen molar-refractivity contribution in [2.45, 2.75) is 6.54 Å². The molecule has 0 amide bonds. The van der Waals surface area contributed by atoms with E-state index in [-0.39, 0.29) is 0 Å². The number of halogens is 2. The summed E-state index contributed by atoms with van der Waals surface area (Å²) in [6.45, 7) is 0.504. The van der Waals surface area contributed by atoms with Gasteiger partial charge in [-0.1, -0.05) is 77.8 Å². The monoisotopic (exact) mass is 514 g/mol. The summed E-state index contributed by atoms with van der Waals surface area (Å²) in [6, 6.07) is 31.5. The minimum atomic E-state index is 0.504. The van der Waals surface area contributed by atoms with Gasteiger partial charge in [0.05, 0.1) is 37.2 Å². The zero-order chi connectivity index (χ0) is 25.1. The van der Waals surface area contributed by atoms with Crippen molar-refractivity contribution in [2.24, 2.45) is 0 Å². The molecule has 4 aromatic carbocycles. The molecule has 0 aliphatic heterocycles. The third-order valence-corrected chi connectivity index (χ3v) is 6.75. The number of hydrogen-bond donors (Lipinski definition) is 0. The molecule has 0 unspecified atom stereocenters. The van der Waals surface area contributed by atoms with Gasteiger partial charge in [0.1, 0.15) is 17.3 Å². The van der Waals surface area contributed by atoms with Crippen molar-refractivity contribution in [3.05, 3.63) is 113 Å². The Labute approximate surface area is 220 Å². The minimum Gasteiger partial charge on any atom is -0.497 e. The summed E-state index contributed by atoms with van der Waals surface area (Å²) in [5, 5.41) is 1.31. The van der Waals surface area contributed by atoms with Crippen LogP contribution in [0.2, 0.25) is 10.0 Å². The number of nitrogens with zero attached hydrogens (tertiary/aromatic N) is 2. The molecule has 0 atom stereocenters. The molecule has 0 radical (unpaired) electrons. The zero-order valence-electron chi connectivity index (χ0n) is 19.9. The van der Waals surface area contributed by atoms with Gasteiger partial charge in [-0.3, -0.25) is 0 Å². The molecule has 5 aromatic rings. The Bertz CT molecular complexity index is 1530. The van der Waals surface area contributed by atoms with Gasteiger partial charge in [-0.25, -0.2) is 4.98 Å². The molecule has 0 bridgehead atoms. The highest BCUT2D eigenvalue weighted by atomic mass is 35.5. The Balaban J connectivity index is 1.85. The lowest BCUT2D eigenvalue weighted by molar-refractivity contribution is 0.415. The summed E-state index contributed by atoms with van der Waals surface area (Å²) >= 11 is 13.3. The molecular formula is C30H24Cl2N2O2. The van der Waals surface area contributed by atoms with Crippen LogP contribution in [0.15, 0.2) is 97.1 Å². The van der Waals surface area contributed by atoms with Crippen molar-refractivity contribution in [3.63, 3.8) is 0 Å². The van der Waals surface area contributed by atoms with Crippen LogP contribution >= 0.6 is 23.2 Å². The van der Waals surface area contributed by atoms with Crippen molar-refractivity contribution < 1.29 is 9.47 Å². The van der Waals surface area contributed by atoms with E-state index >= 15 is 0 Å². The smallest absolute Gasteiger partial charge is 0.142 e. The van der Waals surface area contributed by atoms with E-state index in [2.05, 4.69) is 10.6 Å². The van der Waals surface area contributed by atoms with Gasteiger partial charge >= 0.3 is 0 Å². The average molecular weight is 515 g/mol. The first-order chi connectivity index (χ1) is 17.6. The number of ether oxygens (including phenoxy) is 2. The summed E-state index contributed by atoms with van der Waals surface area (Å²) in [5.74, 6) is 2.26. The summed E-state index contributed by atoms with van der Waals surface area (Å²) < 4.78 is 13.2. The predicted octanol–water partition coefficient (Wildman–Crippen LogP) is 8.26. The van der Waals surface area contributed by atoms with Crippen LogP contribution in [-0.2, 0) is 6.54 Å². The second-order valence-electron chi connectivity index (χ2n) is 8.25. The third-order valence-electron chi connectivity index (χ3n) is 6.06. The minimum absolute atomic E-state index is 0.504. The Morgan fingerprint density at radius 3 is 1.97 bits per heavy atom. The highest BCUT2D eigenvalue weighted by Crippen LogP contribution is 2.40. The molecule has 1 aromatic heterocycles. The second-order valence-corrected chi connectivity index (χ2v) is 9.07. The number of aromatic nitrogens is 2. The number of rotatable bonds is 7. The Morgan fingerprint density at radius 2 is 1.31 bits per heavy atom. The molecule has 5 rings (SSSR count). The van der Waals surface area contributed by atoms with Crippen molar-refractivity contribution in [1.29, 1.82) is 0 Å². The molecule has 4 nitrogen and oxygen atoms in total. The molecule has 6 heteroatoms. The maximum atomic E-state index is 6.69. The number of benzene rings is 4. The highest BCUT2D eigenvalue weighted by molar-refractivity contribution is 6.33. The molecule has 36 heavy (non-hydrogen) atoms. The van der Waals surface area contributed by atoms with Crippen molar-refractivity contribution in [1.82, 2.24) is 9.55 Å². The van der Waals surface area contributed by atoms with E-state index < -0.39 is 0 Å². The van der Waals surface area contributed by atoms with Crippen LogP contribution < -0.4 is 9.47 Å². The van der Waals surface area contributed by atoms with Crippen LogP contribution in [0.25, 0.3) is 33.9 Å². The Hall–Kier alpha value is -3.73. The number of hydrogen-bond acceptors (Lipinski definition) is 3. The van der Waals surface area contributed by atoms with E-state index in [1.165, 1.54) is 0 Å². The van der Waals surface area contributed by atoms with Crippen molar-refractivity contribution in [2.75, 3.05) is 14.2 Å². The fourth-order valence-corrected chi connectivity index (χ4v) is 4.70. The second kappa shape index (κ2) is 10.5. The van der Waals surface area contributed by atoms with Crippen molar-refractivity contribution >= 4 is 23.2 Å². The molecule has 0 saturated heterocycles. The van der Waals surface area contributed by atoms with E-state index in [0.29, 0.717) is 16.6 Å². The van der Waals surface area contributed by atoms with E-state index in [1.54, 1.807) is 14.2 Å². The molecule has 0 spiro atoms. The summed E-state index contributed by atoms with van der Waals surface area (Å²) in [7, 11) is 3.32. The first-order valence-corrected chi connectivity index (χ1v) is 12.2. The van der Waals surface area contributed by atoms with Crippen LogP contribution in [-0.4, -0.2) is 23.8 Å². The van der Waals surface area contributed by atoms with E-state index in [4.69, 9.17) is 37.7 Å². The molecule has 0 saturated carbocycles. The quantitative estimate of drug-likeness (QED) is 0.219. The predicted molar refractivity (Wildman–Crippen MR) is 147 cm³/mol. The highest BCUT2D eigenvalue weighted by Gasteiger charge is 2.23. The Kier molecular flexibility index (Phi) is 6.99. The van der Waals surface area contributed by atoms with Crippen molar-refractivity contribution in [3.8, 4) is 45.4 Å². The molecule has 0 aliphatic rings. The van der Waals surface area contributed by atoms with Gasteiger partial charge in [0.2, 0.25) is 0 Å². The van der Waals surface area contributed by atoms with Gasteiger partial charge < -0.3 is 14.0 Å². The average Bonchev–Trinajstić information content (AvgIpc) is 3.29. The van der Waals surface area contributed by atoms with E-state index in [1.807, 2.05) is 91.0 Å². The topological polar surface area (TPSA) is 36.3 Å². The number of imidazole rings is 1. The maximum absolute atomic E-state index is 6.69. The molecular weight excluding hydrogens is 491 g/mol. The first-order valence-electron chi connectivity index (χ1n) is 11.5. The van der Waals surface area contributed by atoms with Crippen LogP contribution in [0, 0.1) is 0 Å².